The predicted octanol–water partition coefficient (Wildman–Crippen LogP) is 2.16. The molecule has 0 bridgehead atoms. The van der Waals surface area contributed by atoms with Crippen molar-refractivity contribution in [2.24, 2.45) is 0 Å². The van der Waals surface area contributed by atoms with Crippen LogP contribution in [0.1, 0.15) is 34.6 Å². The summed E-state index contributed by atoms with van der Waals surface area (Å²) in [6.07, 6.45) is 0.251. The summed E-state index contributed by atoms with van der Waals surface area (Å²) in [4.78, 5) is 0. The third kappa shape index (κ3) is 6.58. The van der Waals surface area contributed by atoms with E-state index in [2.05, 4.69) is 0 Å². The van der Waals surface area contributed by atoms with Gasteiger partial charge in [-0.3, -0.25) is 0 Å². The maximum atomic E-state index is 5.36. The van der Waals surface area contributed by atoms with Crippen molar-refractivity contribution < 1.29 is 14.2 Å². The summed E-state index contributed by atoms with van der Waals surface area (Å²) >= 11 is 0. The number of ether oxygens (including phenoxy) is 3. The van der Waals surface area contributed by atoms with Crippen molar-refractivity contribution in [1.82, 2.24) is 0 Å². The highest BCUT2D eigenvalue weighted by Gasteiger charge is 2.12. The molecule has 0 saturated carbocycles. The average molecular weight is 176 g/mol. The lowest BCUT2D eigenvalue weighted by Crippen LogP contribution is -2.27. The van der Waals surface area contributed by atoms with Crippen LogP contribution in [0.2, 0.25) is 0 Å². The van der Waals surface area contributed by atoms with Crippen LogP contribution >= 0.6 is 0 Å². The van der Waals surface area contributed by atoms with Crippen LogP contribution in [0.25, 0.3) is 0 Å². The third-order valence-corrected chi connectivity index (χ3v) is 1.07. The smallest absolute Gasteiger partial charge is 0.272 e. The van der Waals surface area contributed by atoms with Gasteiger partial charge >= 0.3 is 0 Å². The van der Waals surface area contributed by atoms with E-state index in [1.54, 1.807) is 0 Å². The van der Waals surface area contributed by atoms with E-state index in [1.807, 2.05) is 34.6 Å². The van der Waals surface area contributed by atoms with Gasteiger partial charge in [-0.2, -0.15) is 0 Å². The number of hydrogen-bond donors (Lipinski definition) is 0. The summed E-state index contributed by atoms with van der Waals surface area (Å²) in [5.74, 6) is 0. The van der Waals surface area contributed by atoms with Crippen LogP contribution in [0.5, 0.6) is 0 Å². The van der Waals surface area contributed by atoms with Crippen molar-refractivity contribution in [1.29, 1.82) is 0 Å². The van der Waals surface area contributed by atoms with E-state index < -0.39 is 6.48 Å². The Kier molecular flexibility index (Phi) is 6.34. The van der Waals surface area contributed by atoms with Crippen LogP contribution in [-0.4, -0.2) is 25.3 Å². The minimum absolute atomic E-state index is 0.125. The lowest BCUT2D eigenvalue weighted by Gasteiger charge is -2.21. The molecule has 0 fully saturated rings. The highest BCUT2D eigenvalue weighted by Crippen LogP contribution is 2.04. The molecule has 0 aliphatic rings. The van der Waals surface area contributed by atoms with Gasteiger partial charge in [-0.25, -0.2) is 0 Å². The van der Waals surface area contributed by atoms with Crippen LogP contribution in [0, 0.1) is 0 Å². The Hall–Kier alpha value is -0.120. The molecule has 0 unspecified atom stereocenters. The van der Waals surface area contributed by atoms with E-state index in [4.69, 9.17) is 14.2 Å². The third-order valence-electron chi connectivity index (χ3n) is 1.07. The van der Waals surface area contributed by atoms with E-state index in [1.165, 1.54) is 0 Å². The molecule has 0 aromatic heterocycles. The van der Waals surface area contributed by atoms with E-state index in [9.17, 15) is 0 Å². The van der Waals surface area contributed by atoms with Crippen LogP contribution in [0.15, 0.2) is 0 Å². The Labute approximate surface area is 75.0 Å². The first kappa shape index (κ1) is 11.9. The second-order valence-electron chi connectivity index (χ2n) is 3.11. The van der Waals surface area contributed by atoms with Gasteiger partial charge in [-0.05, 0) is 34.6 Å². The molecule has 0 radical (unpaired) electrons. The quantitative estimate of drug-likeness (QED) is 0.580. The molecule has 0 amide bonds. The van der Waals surface area contributed by atoms with Crippen molar-refractivity contribution >= 4 is 0 Å². The maximum absolute atomic E-state index is 5.36. The molecule has 0 aliphatic heterocycles. The Morgan fingerprint density at radius 3 is 1.58 bits per heavy atom. The van der Waals surface area contributed by atoms with E-state index >= 15 is 0 Å². The highest BCUT2D eigenvalue weighted by atomic mass is 16.8. The van der Waals surface area contributed by atoms with Crippen LogP contribution in [0.3, 0.4) is 0 Å². The topological polar surface area (TPSA) is 27.7 Å². The van der Waals surface area contributed by atoms with Gasteiger partial charge in [0.2, 0.25) is 0 Å². The van der Waals surface area contributed by atoms with Gasteiger partial charge in [-0.15, -0.1) is 0 Å². The Bertz CT molecular complexity index is 91.9. The van der Waals surface area contributed by atoms with Gasteiger partial charge < -0.3 is 14.2 Å². The zero-order valence-electron chi connectivity index (χ0n) is 8.66. The molecule has 3 heteroatoms. The van der Waals surface area contributed by atoms with Gasteiger partial charge in [0, 0.05) is 6.61 Å². The van der Waals surface area contributed by atoms with Gasteiger partial charge in [0.05, 0.1) is 12.2 Å². The fourth-order valence-corrected chi connectivity index (χ4v) is 0.691. The first-order valence-corrected chi connectivity index (χ1v) is 4.48. The molecule has 74 valence electrons. The molecule has 0 heterocycles. The maximum Gasteiger partial charge on any atom is 0.272 e. The van der Waals surface area contributed by atoms with Crippen LogP contribution in [0.4, 0.5) is 0 Å². The Balaban J connectivity index is 3.69. The average Bonchev–Trinajstić information content (AvgIpc) is 1.84. The fraction of sp³-hybridized carbons (Fsp3) is 1.00. The van der Waals surface area contributed by atoms with Crippen molar-refractivity contribution in [3.05, 3.63) is 0 Å². The van der Waals surface area contributed by atoms with E-state index in [-0.39, 0.29) is 12.2 Å². The molecule has 0 rings (SSSR count). The molecule has 0 saturated heterocycles. The molecular formula is C9H20O3. The standard InChI is InChI=1S/C9H20O3/c1-6-10-9(11-7(2)3)12-8(4)5/h7-9H,6H2,1-5H3. The van der Waals surface area contributed by atoms with Gasteiger partial charge in [0.15, 0.2) is 0 Å². The summed E-state index contributed by atoms with van der Waals surface area (Å²) in [6.45, 7) is 9.82. The SMILES string of the molecule is CCOC(OC(C)C)OC(C)C. The fourth-order valence-electron chi connectivity index (χ4n) is 0.691. The molecule has 0 N–H and O–H groups in total. The first-order valence-electron chi connectivity index (χ1n) is 4.48. The summed E-state index contributed by atoms with van der Waals surface area (Å²) in [6, 6.07) is 0. The van der Waals surface area contributed by atoms with Crippen molar-refractivity contribution in [3.63, 3.8) is 0 Å². The summed E-state index contributed by atoms with van der Waals surface area (Å²) < 4.78 is 15.9. The second kappa shape index (κ2) is 6.40. The molecule has 0 aromatic rings. The Morgan fingerprint density at radius 1 is 0.917 bits per heavy atom. The van der Waals surface area contributed by atoms with Gasteiger partial charge in [-0.1, -0.05) is 0 Å². The zero-order chi connectivity index (χ0) is 9.56. The summed E-state index contributed by atoms with van der Waals surface area (Å²) in [5, 5.41) is 0. The lowest BCUT2D eigenvalue weighted by atomic mass is 10.5. The first-order chi connectivity index (χ1) is 5.56. The molecule has 0 spiro atoms. The largest absolute Gasteiger partial charge is 0.330 e. The predicted molar refractivity (Wildman–Crippen MR) is 47.9 cm³/mol. The zero-order valence-corrected chi connectivity index (χ0v) is 8.66. The highest BCUT2D eigenvalue weighted by molar-refractivity contribution is 4.39. The Morgan fingerprint density at radius 2 is 1.33 bits per heavy atom. The molecule has 0 aliphatic carbocycles. The minimum atomic E-state index is -0.519. The van der Waals surface area contributed by atoms with Crippen molar-refractivity contribution in [3.8, 4) is 0 Å². The van der Waals surface area contributed by atoms with E-state index in [0.717, 1.165) is 0 Å². The van der Waals surface area contributed by atoms with Gasteiger partial charge in [0.1, 0.15) is 0 Å². The van der Waals surface area contributed by atoms with Crippen molar-refractivity contribution in [2.45, 2.75) is 53.3 Å². The van der Waals surface area contributed by atoms with Crippen LogP contribution < -0.4 is 0 Å². The molecule has 3 nitrogen and oxygen atoms in total. The summed E-state index contributed by atoms with van der Waals surface area (Å²) in [5.41, 5.74) is 0. The molecule has 0 aromatic carbocycles. The van der Waals surface area contributed by atoms with Crippen molar-refractivity contribution in [2.75, 3.05) is 6.61 Å². The monoisotopic (exact) mass is 176 g/mol. The molecular weight excluding hydrogens is 156 g/mol. The van der Waals surface area contributed by atoms with E-state index in [0.29, 0.717) is 6.61 Å². The second-order valence-corrected chi connectivity index (χ2v) is 3.11. The number of rotatable bonds is 6. The molecule has 0 atom stereocenters. The van der Waals surface area contributed by atoms with Crippen LogP contribution in [-0.2, 0) is 14.2 Å². The normalized spacial score (nSPS) is 12.0. The summed E-state index contributed by atoms with van der Waals surface area (Å²) in [7, 11) is 0. The minimum Gasteiger partial charge on any atom is -0.330 e. The number of hydrogen-bond acceptors (Lipinski definition) is 3. The lowest BCUT2D eigenvalue weighted by molar-refractivity contribution is -0.310. The molecule has 12 heavy (non-hydrogen) atoms. The van der Waals surface area contributed by atoms with Gasteiger partial charge in [0.25, 0.3) is 6.48 Å².